The van der Waals surface area contributed by atoms with Gasteiger partial charge in [0, 0.05) is 38.3 Å². The van der Waals surface area contributed by atoms with Gasteiger partial charge >= 0.3 is 12.2 Å². The van der Waals surface area contributed by atoms with Gasteiger partial charge in [-0.05, 0) is 38.0 Å². The SMILES string of the molecule is COc1cc2cc(c1Cl)N(C)C(=O)C[C@H](OC(=O)NC1=CC(F)=C([N+](=O)[O-])CC1Cl)[C@]1(C)O[C@H]1[C@H](C)[C@@H]1C[C@@](O)(NC(=O)O1)[C@H](OC)/C=C/C=C(\C)C2. The van der Waals surface area contributed by atoms with Gasteiger partial charge in [-0.2, -0.15) is 4.39 Å². The van der Waals surface area contributed by atoms with Crippen molar-refractivity contribution in [3.63, 3.8) is 0 Å². The van der Waals surface area contributed by atoms with Gasteiger partial charge in [-0.15, -0.1) is 11.6 Å². The summed E-state index contributed by atoms with van der Waals surface area (Å²) in [5.41, 5.74) is -2.20. The standard InChI is InChI=1S/C35H41Cl2FN4O11/c1-17-8-7-9-27(50-6)35(46)16-26(51-33(45)40-35)18(2)31-34(3,53-31)28(52-32(44)39-22-14-21(38)23(42(47)48)13-20(22)36)15-29(43)41(4)24-11-19(10-17)12-25(49-5)30(24)37/h7-9,11-12,14,18,20,26-28,31,46H,10,13,15-16H2,1-6H3,(H,39,44)(H,40,45)/b9-7+,17-8+/t18-,20?,26+,27-,28+,31+,34+,35+/m1/s1. The lowest BCUT2D eigenvalue weighted by atomic mass is 9.83. The van der Waals surface area contributed by atoms with Gasteiger partial charge in [0.2, 0.25) is 5.91 Å². The number of carbonyl (C=O) groups is 3. The number of anilines is 1. The van der Waals surface area contributed by atoms with E-state index >= 15 is 0 Å². The Morgan fingerprint density at radius 2 is 1.98 bits per heavy atom. The lowest BCUT2D eigenvalue weighted by Crippen LogP contribution is -2.63. The Kier molecular flexibility index (Phi) is 11.8. The fraction of sp³-hybridized carbons (Fsp3) is 0.514. The van der Waals surface area contributed by atoms with Crippen LogP contribution in [-0.2, 0) is 30.2 Å². The molecule has 1 aromatic carbocycles. The molecule has 4 aliphatic rings. The number of carbonyl (C=O) groups excluding carboxylic acids is 3. The second kappa shape index (κ2) is 15.6. The fourth-order valence-corrected chi connectivity index (χ4v) is 7.42. The normalized spacial score (nSPS) is 33.7. The Morgan fingerprint density at radius 1 is 1.26 bits per heavy atom. The molecule has 3 N–H and O–H groups in total. The number of aliphatic hydroxyl groups is 1. The number of alkyl carbamates (subject to hydrolysis) is 2. The molecule has 0 saturated carbocycles. The molecule has 288 valence electrons. The van der Waals surface area contributed by atoms with E-state index in [1.807, 2.05) is 13.0 Å². The minimum Gasteiger partial charge on any atom is -0.495 e. The van der Waals surface area contributed by atoms with Crippen molar-refractivity contribution in [3.05, 3.63) is 79.9 Å². The van der Waals surface area contributed by atoms with Crippen LogP contribution >= 0.6 is 23.2 Å². The minimum atomic E-state index is -1.88. The van der Waals surface area contributed by atoms with Crippen LogP contribution in [0, 0.1) is 16.0 Å². The summed E-state index contributed by atoms with van der Waals surface area (Å²) in [7, 11) is 4.34. The van der Waals surface area contributed by atoms with Crippen molar-refractivity contribution in [1.29, 1.82) is 0 Å². The molecule has 2 fully saturated rings. The molecule has 15 nitrogen and oxygen atoms in total. The number of nitrogens with one attached hydrogen (secondary N) is 2. The molecule has 3 heterocycles. The van der Waals surface area contributed by atoms with Crippen LogP contribution in [0.4, 0.5) is 19.7 Å². The first-order chi connectivity index (χ1) is 24.9. The third kappa shape index (κ3) is 8.46. The first-order valence-electron chi connectivity index (χ1n) is 16.7. The zero-order valence-electron chi connectivity index (χ0n) is 29.8. The second-order valence-corrected chi connectivity index (χ2v) is 14.5. The van der Waals surface area contributed by atoms with E-state index in [-0.39, 0.29) is 17.1 Å². The second-order valence-electron chi connectivity index (χ2n) is 13.6. The Balaban J connectivity index is 1.53. The Bertz CT molecular complexity index is 1800. The number of amides is 3. The Hall–Kier alpha value is -4.22. The molecule has 4 bridgehead atoms. The number of epoxide rings is 1. The van der Waals surface area contributed by atoms with Gasteiger partial charge in [-0.1, -0.05) is 42.3 Å². The average molecular weight is 784 g/mol. The Morgan fingerprint density at radius 3 is 2.64 bits per heavy atom. The minimum absolute atomic E-state index is 0.115. The van der Waals surface area contributed by atoms with Crippen LogP contribution in [0.1, 0.15) is 45.6 Å². The van der Waals surface area contributed by atoms with Gasteiger partial charge in [0.15, 0.2) is 11.6 Å². The van der Waals surface area contributed by atoms with Crippen LogP contribution in [0.5, 0.6) is 5.75 Å². The number of alkyl halides is 1. The van der Waals surface area contributed by atoms with Gasteiger partial charge in [0.25, 0.3) is 5.70 Å². The molecule has 1 aliphatic carbocycles. The molecule has 1 unspecified atom stereocenters. The van der Waals surface area contributed by atoms with Crippen molar-refractivity contribution in [3.8, 4) is 5.75 Å². The molecular weight excluding hydrogens is 742 g/mol. The van der Waals surface area contributed by atoms with Crippen LogP contribution in [0.3, 0.4) is 0 Å². The molecule has 8 atom stereocenters. The number of methoxy groups -OCH3 is 2. The van der Waals surface area contributed by atoms with Crippen LogP contribution < -0.4 is 20.3 Å². The summed E-state index contributed by atoms with van der Waals surface area (Å²) in [5.74, 6) is -2.02. The van der Waals surface area contributed by atoms with E-state index in [2.05, 4.69) is 10.6 Å². The predicted octanol–water partition coefficient (Wildman–Crippen LogP) is 5.20. The van der Waals surface area contributed by atoms with Crippen LogP contribution in [0.2, 0.25) is 5.02 Å². The maximum atomic E-state index is 14.5. The maximum Gasteiger partial charge on any atom is 0.411 e. The van der Waals surface area contributed by atoms with E-state index in [0.29, 0.717) is 17.9 Å². The number of hydrogen-bond acceptors (Lipinski definition) is 11. The largest absolute Gasteiger partial charge is 0.495 e. The topological polar surface area (TPSA) is 191 Å². The van der Waals surface area contributed by atoms with Gasteiger partial charge < -0.3 is 33.7 Å². The van der Waals surface area contributed by atoms with E-state index in [9.17, 15) is 34.0 Å². The number of nitro groups is 1. The van der Waals surface area contributed by atoms with Crippen LogP contribution in [-0.4, -0.2) is 90.5 Å². The van der Waals surface area contributed by atoms with E-state index in [4.69, 9.17) is 46.9 Å². The highest BCUT2D eigenvalue weighted by Crippen LogP contribution is 2.49. The van der Waals surface area contributed by atoms with Crippen molar-refractivity contribution in [2.24, 2.45) is 5.92 Å². The smallest absolute Gasteiger partial charge is 0.411 e. The van der Waals surface area contributed by atoms with Crippen LogP contribution in [0.15, 0.2) is 59.2 Å². The monoisotopic (exact) mass is 782 g/mol. The van der Waals surface area contributed by atoms with Crippen molar-refractivity contribution in [1.82, 2.24) is 10.6 Å². The van der Waals surface area contributed by atoms with Crippen LogP contribution in [0.25, 0.3) is 0 Å². The molecule has 18 heteroatoms. The molecular formula is C35H41Cl2FN4O11. The first-order valence-corrected chi connectivity index (χ1v) is 17.5. The highest BCUT2D eigenvalue weighted by Gasteiger charge is 2.64. The van der Waals surface area contributed by atoms with Gasteiger partial charge in [-0.25, -0.2) is 9.59 Å². The number of halogens is 3. The molecule has 3 aliphatic heterocycles. The zero-order chi connectivity index (χ0) is 39.0. The van der Waals surface area contributed by atoms with Crippen molar-refractivity contribution in [2.75, 3.05) is 26.2 Å². The third-order valence-corrected chi connectivity index (χ3v) is 10.7. The fourth-order valence-electron chi connectivity index (χ4n) is 6.85. The summed E-state index contributed by atoms with van der Waals surface area (Å²) in [6.07, 6.45) is -0.790. The lowest BCUT2D eigenvalue weighted by molar-refractivity contribution is -0.430. The van der Waals surface area contributed by atoms with E-state index < -0.39 is 94.4 Å². The number of rotatable bonds is 5. The van der Waals surface area contributed by atoms with Gasteiger partial charge in [-0.3, -0.25) is 25.5 Å². The number of allylic oxidation sites excluding steroid dienone is 7. The summed E-state index contributed by atoms with van der Waals surface area (Å²) in [4.78, 5) is 51.8. The maximum absolute atomic E-state index is 14.5. The Labute approximate surface area is 314 Å². The number of fused-ring (bicyclic) bond motifs is 5. The van der Waals surface area contributed by atoms with E-state index in [1.165, 1.54) is 26.2 Å². The molecule has 0 spiro atoms. The van der Waals surface area contributed by atoms with E-state index in [1.54, 1.807) is 38.1 Å². The lowest BCUT2D eigenvalue weighted by Gasteiger charge is -2.42. The predicted molar refractivity (Wildman–Crippen MR) is 190 cm³/mol. The number of hydrogen-bond donors (Lipinski definition) is 3. The average Bonchev–Trinajstić information content (AvgIpc) is 3.78. The summed E-state index contributed by atoms with van der Waals surface area (Å²) < 4.78 is 43.1. The molecule has 53 heavy (non-hydrogen) atoms. The number of ether oxygens (including phenoxy) is 5. The molecule has 0 aromatic heterocycles. The third-order valence-electron chi connectivity index (χ3n) is 9.93. The summed E-state index contributed by atoms with van der Waals surface area (Å²) in [6.45, 7) is 5.22. The highest BCUT2D eigenvalue weighted by molar-refractivity contribution is 6.35. The van der Waals surface area contributed by atoms with Crippen molar-refractivity contribution >= 4 is 47.0 Å². The van der Waals surface area contributed by atoms with E-state index in [0.717, 1.165) is 17.2 Å². The summed E-state index contributed by atoms with van der Waals surface area (Å²) in [5, 5.41) is 26.7. The molecule has 0 radical (unpaired) electrons. The highest BCUT2D eigenvalue weighted by atomic mass is 35.5. The van der Waals surface area contributed by atoms with Crippen molar-refractivity contribution in [2.45, 2.75) is 87.6 Å². The zero-order valence-corrected chi connectivity index (χ0v) is 31.3. The van der Waals surface area contributed by atoms with Crippen molar-refractivity contribution < 1.29 is 52.5 Å². The molecule has 1 aromatic rings. The number of benzene rings is 1. The number of nitrogens with zero attached hydrogens (tertiary/aromatic N) is 2. The molecule has 2 saturated heterocycles. The quantitative estimate of drug-likeness (QED) is 0.154. The van der Waals surface area contributed by atoms with Gasteiger partial charge in [0.1, 0.15) is 34.7 Å². The summed E-state index contributed by atoms with van der Waals surface area (Å²) >= 11 is 12.9. The molecule has 5 rings (SSSR count). The molecule has 3 amide bonds. The van der Waals surface area contributed by atoms with Gasteiger partial charge in [0.05, 0.1) is 42.0 Å². The summed E-state index contributed by atoms with van der Waals surface area (Å²) in [6, 6.07) is 3.47. The first kappa shape index (κ1) is 40.0.